The van der Waals surface area contributed by atoms with Gasteiger partial charge in [0.25, 0.3) is 0 Å². The largest absolute Gasteiger partial charge is 0.493 e. The van der Waals surface area contributed by atoms with Crippen LogP contribution in [0, 0.1) is 11.8 Å². The Labute approximate surface area is 54.5 Å². The molecule has 0 N–H and O–H groups in total. The first-order chi connectivity index (χ1) is 4.35. The molecule has 0 fully saturated rings. The SMILES string of the molecule is CC#C/C=C(\C=O)OC. The van der Waals surface area contributed by atoms with Crippen molar-refractivity contribution < 1.29 is 9.53 Å². The van der Waals surface area contributed by atoms with Gasteiger partial charge in [-0.05, 0) is 6.92 Å². The second-order valence-electron chi connectivity index (χ2n) is 1.26. The first-order valence-electron chi connectivity index (χ1n) is 2.46. The van der Waals surface area contributed by atoms with Gasteiger partial charge in [0.1, 0.15) is 0 Å². The maximum Gasteiger partial charge on any atom is 0.185 e. The van der Waals surface area contributed by atoms with Gasteiger partial charge in [-0.2, -0.15) is 0 Å². The van der Waals surface area contributed by atoms with E-state index in [0.717, 1.165) is 0 Å². The van der Waals surface area contributed by atoms with Crippen molar-refractivity contribution in [1.82, 2.24) is 0 Å². The molecule has 0 aliphatic heterocycles. The normalized spacial score (nSPS) is 9.33. The predicted octanol–water partition coefficient (Wildman–Crippen LogP) is 0.739. The van der Waals surface area contributed by atoms with Gasteiger partial charge in [-0.3, -0.25) is 4.79 Å². The molecule has 0 amide bonds. The van der Waals surface area contributed by atoms with E-state index in [1.54, 1.807) is 6.92 Å². The smallest absolute Gasteiger partial charge is 0.185 e. The van der Waals surface area contributed by atoms with Gasteiger partial charge in [0, 0.05) is 6.08 Å². The Bertz CT molecular complexity index is 169. The summed E-state index contributed by atoms with van der Waals surface area (Å²) in [5, 5.41) is 0. The van der Waals surface area contributed by atoms with Crippen molar-refractivity contribution in [3.05, 3.63) is 11.8 Å². The van der Waals surface area contributed by atoms with Gasteiger partial charge in [-0.25, -0.2) is 0 Å². The lowest BCUT2D eigenvalue weighted by Crippen LogP contribution is -1.85. The molecule has 0 heterocycles. The molecular formula is C7H8O2. The van der Waals surface area contributed by atoms with Gasteiger partial charge in [0.2, 0.25) is 0 Å². The lowest BCUT2D eigenvalue weighted by molar-refractivity contribution is -0.107. The van der Waals surface area contributed by atoms with Gasteiger partial charge in [0.15, 0.2) is 12.0 Å². The molecule has 0 aliphatic carbocycles. The summed E-state index contributed by atoms with van der Waals surface area (Å²) < 4.78 is 4.59. The molecule has 0 bridgehead atoms. The maximum atomic E-state index is 9.98. The Hall–Kier alpha value is -1.23. The van der Waals surface area contributed by atoms with Gasteiger partial charge >= 0.3 is 0 Å². The molecule has 48 valence electrons. The summed E-state index contributed by atoms with van der Waals surface area (Å²) in [6, 6.07) is 0. The highest BCUT2D eigenvalue weighted by Gasteiger charge is 1.85. The van der Waals surface area contributed by atoms with Crippen LogP contribution in [0.3, 0.4) is 0 Å². The van der Waals surface area contributed by atoms with Gasteiger partial charge in [-0.1, -0.05) is 5.92 Å². The van der Waals surface area contributed by atoms with Crippen molar-refractivity contribution >= 4 is 6.29 Å². The fourth-order valence-corrected chi connectivity index (χ4v) is 0.284. The lowest BCUT2D eigenvalue weighted by Gasteiger charge is -1.90. The summed E-state index contributed by atoms with van der Waals surface area (Å²) >= 11 is 0. The van der Waals surface area contributed by atoms with Crippen LogP contribution in [-0.4, -0.2) is 13.4 Å². The van der Waals surface area contributed by atoms with E-state index < -0.39 is 0 Å². The van der Waals surface area contributed by atoms with Crippen molar-refractivity contribution in [1.29, 1.82) is 0 Å². The standard InChI is InChI=1S/C7H8O2/c1-3-4-5-7(6-8)9-2/h5-6H,1-2H3/b7-5+. The number of carbonyl (C=O) groups is 1. The zero-order valence-electron chi connectivity index (χ0n) is 5.47. The average molecular weight is 124 g/mol. The molecule has 2 nitrogen and oxygen atoms in total. The van der Waals surface area contributed by atoms with E-state index >= 15 is 0 Å². The van der Waals surface area contributed by atoms with Crippen molar-refractivity contribution in [3.63, 3.8) is 0 Å². The van der Waals surface area contributed by atoms with Crippen molar-refractivity contribution in [2.24, 2.45) is 0 Å². The van der Waals surface area contributed by atoms with Gasteiger partial charge < -0.3 is 4.74 Å². The minimum Gasteiger partial charge on any atom is -0.493 e. The highest BCUT2D eigenvalue weighted by molar-refractivity contribution is 5.71. The van der Waals surface area contributed by atoms with Crippen LogP contribution in [-0.2, 0) is 9.53 Å². The van der Waals surface area contributed by atoms with Crippen LogP contribution in [0.5, 0.6) is 0 Å². The summed E-state index contributed by atoms with van der Waals surface area (Å²) in [5.74, 6) is 5.44. The quantitative estimate of drug-likeness (QED) is 0.235. The van der Waals surface area contributed by atoms with E-state index in [-0.39, 0.29) is 5.76 Å². The Balaban J connectivity index is 4.01. The molecule has 9 heavy (non-hydrogen) atoms. The molecule has 0 rings (SSSR count). The number of aldehydes is 1. The monoisotopic (exact) mass is 124 g/mol. The molecule has 0 aromatic carbocycles. The highest BCUT2D eigenvalue weighted by Crippen LogP contribution is 1.86. The number of carbonyl (C=O) groups excluding carboxylic acids is 1. The van der Waals surface area contributed by atoms with E-state index in [4.69, 9.17) is 0 Å². The van der Waals surface area contributed by atoms with Gasteiger partial charge in [0.05, 0.1) is 7.11 Å². The van der Waals surface area contributed by atoms with Crippen LogP contribution in [0.15, 0.2) is 11.8 Å². The summed E-state index contributed by atoms with van der Waals surface area (Å²) in [4.78, 5) is 9.98. The third kappa shape index (κ3) is 3.36. The first-order valence-corrected chi connectivity index (χ1v) is 2.46. The minimum atomic E-state index is 0.254. The van der Waals surface area contributed by atoms with Crippen LogP contribution < -0.4 is 0 Å². The molecule has 0 aromatic heterocycles. The number of hydrogen-bond donors (Lipinski definition) is 0. The minimum absolute atomic E-state index is 0.254. The van der Waals surface area contributed by atoms with Crippen LogP contribution in [0.2, 0.25) is 0 Å². The molecule has 0 aliphatic rings. The van der Waals surface area contributed by atoms with Crippen LogP contribution in [0.1, 0.15) is 6.92 Å². The second-order valence-corrected chi connectivity index (χ2v) is 1.26. The number of hydrogen-bond acceptors (Lipinski definition) is 2. The van der Waals surface area contributed by atoms with E-state index in [9.17, 15) is 4.79 Å². The molecule has 0 spiro atoms. The van der Waals surface area contributed by atoms with Crippen LogP contribution in [0.25, 0.3) is 0 Å². The fraction of sp³-hybridized carbons (Fsp3) is 0.286. The Morgan fingerprint density at radius 3 is 2.67 bits per heavy atom. The van der Waals surface area contributed by atoms with Crippen molar-refractivity contribution in [2.45, 2.75) is 6.92 Å². The summed E-state index contributed by atoms with van der Waals surface area (Å²) in [7, 11) is 1.43. The summed E-state index contributed by atoms with van der Waals surface area (Å²) in [6.07, 6.45) is 2.04. The molecule has 0 atom stereocenters. The summed E-state index contributed by atoms with van der Waals surface area (Å²) in [6.45, 7) is 1.69. The maximum absolute atomic E-state index is 9.98. The number of allylic oxidation sites excluding steroid dienone is 2. The molecule has 0 saturated heterocycles. The molecule has 0 unspecified atom stereocenters. The van der Waals surface area contributed by atoms with Gasteiger partial charge in [-0.15, -0.1) is 5.92 Å². The highest BCUT2D eigenvalue weighted by atomic mass is 16.5. The lowest BCUT2D eigenvalue weighted by atomic mass is 10.4. The van der Waals surface area contributed by atoms with Crippen LogP contribution >= 0.6 is 0 Å². The molecule has 0 aromatic rings. The van der Waals surface area contributed by atoms with Crippen LogP contribution in [0.4, 0.5) is 0 Å². The number of rotatable bonds is 2. The van der Waals surface area contributed by atoms with Crippen molar-refractivity contribution in [3.8, 4) is 11.8 Å². The van der Waals surface area contributed by atoms with E-state index in [1.165, 1.54) is 13.2 Å². The zero-order chi connectivity index (χ0) is 7.11. The Morgan fingerprint density at radius 1 is 1.67 bits per heavy atom. The average Bonchev–Trinajstić information content (AvgIpc) is 1.91. The van der Waals surface area contributed by atoms with Crippen molar-refractivity contribution in [2.75, 3.05) is 7.11 Å². The third-order valence-corrected chi connectivity index (χ3v) is 0.711. The Morgan fingerprint density at radius 2 is 2.33 bits per heavy atom. The zero-order valence-corrected chi connectivity index (χ0v) is 5.47. The fourth-order valence-electron chi connectivity index (χ4n) is 0.284. The summed E-state index contributed by atoms with van der Waals surface area (Å²) in [5.41, 5.74) is 0. The Kier molecular flexibility index (Phi) is 4.25. The topological polar surface area (TPSA) is 26.3 Å². The molecule has 2 heteroatoms. The molecule has 0 saturated carbocycles. The first kappa shape index (κ1) is 7.77. The van der Waals surface area contributed by atoms with E-state index in [2.05, 4.69) is 16.6 Å². The number of ether oxygens (including phenoxy) is 1. The predicted molar refractivity (Wildman–Crippen MR) is 34.6 cm³/mol. The third-order valence-electron chi connectivity index (χ3n) is 0.711. The molecular weight excluding hydrogens is 116 g/mol. The number of methoxy groups -OCH3 is 1. The van der Waals surface area contributed by atoms with E-state index in [1.807, 2.05) is 0 Å². The molecule has 0 radical (unpaired) electrons. The second kappa shape index (κ2) is 4.92. The van der Waals surface area contributed by atoms with E-state index in [0.29, 0.717) is 6.29 Å².